The molecule has 0 aliphatic carbocycles. The number of halogens is 7. The number of carbonyl (C=O) groups excluding carboxylic acids is 2. The molecule has 1 aromatic rings. The number of hydrogen-bond donors (Lipinski definition) is 2. The van der Waals surface area contributed by atoms with E-state index in [1.807, 2.05) is 0 Å². The predicted octanol–water partition coefficient (Wildman–Crippen LogP) is 2.72. The second-order valence-electron chi connectivity index (χ2n) is 4.69. The number of aliphatic hydroxyl groups is 1. The average Bonchev–Trinajstić information content (AvgIpc) is 2.50. The molecule has 0 spiro atoms. The molecule has 1 amide bonds. The average molecular weight is 394 g/mol. The van der Waals surface area contributed by atoms with Gasteiger partial charge in [-0.3, -0.25) is 4.79 Å². The van der Waals surface area contributed by atoms with Crippen LogP contribution in [0.2, 0.25) is 0 Å². The van der Waals surface area contributed by atoms with Crippen molar-refractivity contribution in [1.29, 1.82) is 0 Å². The SMILES string of the molecule is COC(=O)[C@](O)([C@@H](Cl)C(=O)Nc1cccc(C(F)(F)F)c1)C(F)(F)F. The maximum atomic E-state index is 12.9. The molecule has 0 saturated carbocycles. The zero-order chi connectivity index (χ0) is 19.6. The van der Waals surface area contributed by atoms with Crippen LogP contribution in [0.5, 0.6) is 0 Å². The lowest BCUT2D eigenvalue weighted by molar-refractivity contribution is -0.260. The lowest BCUT2D eigenvalue weighted by atomic mass is 9.97. The van der Waals surface area contributed by atoms with E-state index in [2.05, 4.69) is 4.74 Å². The van der Waals surface area contributed by atoms with Crippen LogP contribution in [0.25, 0.3) is 0 Å². The second-order valence-corrected chi connectivity index (χ2v) is 5.12. The minimum absolute atomic E-state index is 0.437. The molecule has 1 aromatic carbocycles. The van der Waals surface area contributed by atoms with E-state index < -0.39 is 46.5 Å². The van der Waals surface area contributed by atoms with Crippen molar-refractivity contribution in [2.45, 2.75) is 23.3 Å². The molecule has 0 aliphatic rings. The van der Waals surface area contributed by atoms with Gasteiger partial charge in [0.2, 0.25) is 5.91 Å². The largest absolute Gasteiger partial charge is 0.467 e. The van der Waals surface area contributed by atoms with E-state index in [9.17, 15) is 41.0 Å². The molecule has 140 valence electrons. The van der Waals surface area contributed by atoms with Crippen molar-refractivity contribution in [3.8, 4) is 0 Å². The summed E-state index contributed by atoms with van der Waals surface area (Å²) in [4.78, 5) is 23.1. The van der Waals surface area contributed by atoms with Gasteiger partial charge in [0.1, 0.15) is 0 Å². The van der Waals surface area contributed by atoms with Gasteiger partial charge >= 0.3 is 18.3 Å². The summed E-state index contributed by atoms with van der Waals surface area (Å²) in [6.07, 6.45) is -10.4. The Morgan fingerprint density at radius 3 is 2.20 bits per heavy atom. The standard InChI is InChI=1S/C13H10ClF6NO4/c1-25-10(23)11(24,13(18,19)20)8(14)9(22)21-7-4-2-3-6(5-7)12(15,16)17/h2-5,8,24H,1H3,(H,21,22)/t8-,11+/m0/s1. The van der Waals surface area contributed by atoms with E-state index >= 15 is 0 Å². The fraction of sp³-hybridized carbons (Fsp3) is 0.385. The van der Waals surface area contributed by atoms with Gasteiger partial charge in [-0.25, -0.2) is 4.79 Å². The molecule has 1 rings (SSSR count). The van der Waals surface area contributed by atoms with Crippen molar-refractivity contribution in [1.82, 2.24) is 0 Å². The van der Waals surface area contributed by atoms with Gasteiger partial charge in [0.25, 0.3) is 5.60 Å². The maximum Gasteiger partial charge on any atom is 0.430 e. The van der Waals surface area contributed by atoms with Crippen LogP contribution in [0.15, 0.2) is 24.3 Å². The van der Waals surface area contributed by atoms with Crippen LogP contribution < -0.4 is 5.32 Å². The summed E-state index contributed by atoms with van der Waals surface area (Å²) in [7, 11) is 0.521. The summed E-state index contributed by atoms with van der Waals surface area (Å²) in [5, 5.41) is 8.30. The van der Waals surface area contributed by atoms with E-state index in [-0.39, 0.29) is 0 Å². The first-order chi connectivity index (χ1) is 11.2. The molecule has 0 heterocycles. The van der Waals surface area contributed by atoms with Crippen LogP contribution in [-0.4, -0.2) is 41.2 Å². The Morgan fingerprint density at radius 1 is 1.20 bits per heavy atom. The highest BCUT2D eigenvalue weighted by molar-refractivity contribution is 6.35. The van der Waals surface area contributed by atoms with Gasteiger partial charge in [0, 0.05) is 5.69 Å². The van der Waals surface area contributed by atoms with Gasteiger partial charge in [0.15, 0.2) is 5.38 Å². The minimum Gasteiger partial charge on any atom is -0.467 e. The molecule has 0 radical (unpaired) electrons. The monoisotopic (exact) mass is 393 g/mol. The third kappa shape index (κ3) is 4.34. The van der Waals surface area contributed by atoms with Crippen molar-refractivity contribution >= 4 is 29.2 Å². The van der Waals surface area contributed by atoms with Crippen molar-refractivity contribution in [2.75, 3.05) is 12.4 Å². The summed E-state index contributed by atoms with van der Waals surface area (Å²) < 4.78 is 80.4. The lowest BCUT2D eigenvalue weighted by Crippen LogP contribution is -2.62. The number of ether oxygens (including phenoxy) is 1. The Kier molecular flexibility index (Phi) is 5.96. The number of esters is 1. The van der Waals surface area contributed by atoms with Crippen LogP contribution in [0, 0.1) is 0 Å². The summed E-state index contributed by atoms with van der Waals surface area (Å²) in [5.41, 5.74) is -6.12. The van der Waals surface area contributed by atoms with E-state index in [1.165, 1.54) is 0 Å². The molecule has 2 N–H and O–H groups in total. The fourth-order valence-corrected chi connectivity index (χ4v) is 1.95. The van der Waals surface area contributed by atoms with Gasteiger partial charge in [-0.05, 0) is 18.2 Å². The first-order valence-corrected chi connectivity index (χ1v) is 6.68. The fourth-order valence-electron chi connectivity index (χ4n) is 1.69. The number of hydrogen-bond acceptors (Lipinski definition) is 4. The van der Waals surface area contributed by atoms with Gasteiger partial charge < -0.3 is 15.2 Å². The molecule has 0 aliphatic heterocycles. The highest BCUT2D eigenvalue weighted by atomic mass is 35.5. The number of rotatable bonds is 4. The number of methoxy groups -OCH3 is 1. The Balaban J connectivity index is 3.12. The summed E-state index contributed by atoms with van der Waals surface area (Å²) in [6, 6.07) is 2.93. The molecule has 2 atom stereocenters. The van der Waals surface area contributed by atoms with Gasteiger partial charge in [-0.15, -0.1) is 11.6 Å². The van der Waals surface area contributed by atoms with Crippen LogP contribution >= 0.6 is 11.6 Å². The van der Waals surface area contributed by atoms with E-state index in [0.717, 1.165) is 12.1 Å². The third-order valence-electron chi connectivity index (χ3n) is 2.98. The molecule has 12 heteroatoms. The van der Waals surface area contributed by atoms with Gasteiger partial charge in [0.05, 0.1) is 12.7 Å². The number of benzene rings is 1. The Morgan fingerprint density at radius 2 is 1.76 bits per heavy atom. The molecular formula is C13H10ClF6NO4. The quantitative estimate of drug-likeness (QED) is 0.468. The summed E-state index contributed by atoms with van der Waals surface area (Å²) in [6.45, 7) is 0. The molecular weight excluding hydrogens is 384 g/mol. The smallest absolute Gasteiger partial charge is 0.430 e. The van der Waals surface area contributed by atoms with Gasteiger partial charge in [-0.2, -0.15) is 26.3 Å². The molecule has 0 fully saturated rings. The highest BCUT2D eigenvalue weighted by Gasteiger charge is 2.67. The lowest BCUT2D eigenvalue weighted by Gasteiger charge is -2.30. The molecule has 0 saturated heterocycles. The predicted molar refractivity (Wildman–Crippen MR) is 72.7 cm³/mol. The Bertz CT molecular complexity index is 663. The molecule has 0 unspecified atom stereocenters. The normalized spacial score (nSPS) is 15.9. The molecule has 0 aromatic heterocycles. The third-order valence-corrected chi connectivity index (χ3v) is 3.50. The minimum atomic E-state index is -5.68. The van der Waals surface area contributed by atoms with Crippen molar-refractivity contribution in [3.05, 3.63) is 29.8 Å². The van der Waals surface area contributed by atoms with E-state index in [1.54, 1.807) is 5.32 Å². The highest BCUT2D eigenvalue weighted by Crippen LogP contribution is 2.37. The maximum absolute atomic E-state index is 12.9. The Labute approximate surface area is 141 Å². The zero-order valence-corrected chi connectivity index (χ0v) is 13.0. The number of carbonyl (C=O) groups is 2. The first-order valence-electron chi connectivity index (χ1n) is 6.25. The summed E-state index contributed by atoms with van der Waals surface area (Å²) >= 11 is 5.27. The number of nitrogens with one attached hydrogen (secondary N) is 1. The van der Waals surface area contributed by atoms with Crippen molar-refractivity contribution in [2.24, 2.45) is 0 Å². The number of amides is 1. The van der Waals surface area contributed by atoms with E-state index in [0.29, 0.717) is 19.2 Å². The van der Waals surface area contributed by atoms with Crippen LogP contribution in [0.1, 0.15) is 5.56 Å². The molecule has 0 bridgehead atoms. The topological polar surface area (TPSA) is 75.6 Å². The Hall–Kier alpha value is -2.01. The zero-order valence-electron chi connectivity index (χ0n) is 12.2. The first kappa shape index (κ1) is 21.0. The van der Waals surface area contributed by atoms with Crippen molar-refractivity contribution in [3.63, 3.8) is 0 Å². The molecule has 5 nitrogen and oxygen atoms in total. The van der Waals surface area contributed by atoms with E-state index in [4.69, 9.17) is 11.6 Å². The molecule has 25 heavy (non-hydrogen) atoms. The van der Waals surface area contributed by atoms with Crippen LogP contribution in [0.3, 0.4) is 0 Å². The van der Waals surface area contributed by atoms with Gasteiger partial charge in [-0.1, -0.05) is 6.07 Å². The summed E-state index contributed by atoms with van der Waals surface area (Å²) in [5.74, 6) is -4.01. The van der Waals surface area contributed by atoms with Crippen molar-refractivity contribution < 1.29 is 45.8 Å². The van der Waals surface area contributed by atoms with Crippen LogP contribution in [0.4, 0.5) is 32.0 Å². The number of alkyl halides is 7. The number of anilines is 1. The second kappa shape index (κ2) is 7.08. The van der Waals surface area contributed by atoms with Crippen LogP contribution in [-0.2, 0) is 20.5 Å².